The van der Waals surface area contributed by atoms with E-state index in [1.165, 1.54) is 0 Å². The van der Waals surface area contributed by atoms with Crippen LogP contribution in [0.1, 0.15) is 33.1 Å². The number of hydrogen-bond donors (Lipinski definition) is 0. The van der Waals surface area contributed by atoms with Crippen LogP contribution in [-0.4, -0.2) is 39.1 Å². The van der Waals surface area contributed by atoms with Gasteiger partial charge in [0, 0.05) is 0 Å². The summed E-state index contributed by atoms with van der Waals surface area (Å²) in [5, 5.41) is 0. The summed E-state index contributed by atoms with van der Waals surface area (Å²) in [6, 6.07) is 0. The first-order valence-corrected chi connectivity index (χ1v) is 10.4. The Balaban J connectivity index is 1.95. The van der Waals surface area contributed by atoms with Gasteiger partial charge in [0.05, 0.1) is 0 Å². The van der Waals surface area contributed by atoms with Crippen LogP contribution >= 0.6 is 0 Å². The minimum absolute atomic E-state index is 0.376. The average Bonchev–Trinajstić information content (AvgIpc) is 3.15. The Labute approximate surface area is 114 Å². The first-order valence-electron chi connectivity index (χ1n) is 6.67. The van der Waals surface area contributed by atoms with Crippen molar-refractivity contribution in [2.24, 2.45) is 0 Å². The van der Waals surface area contributed by atoms with E-state index in [1.54, 1.807) is 0 Å². The zero-order valence-electron chi connectivity index (χ0n) is 11.1. The van der Waals surface area contributed by atoms with Gasteiger partial charge in [-0.05, 0) is 0 Å². The number of hydrogen-bond acceptors (Lipinski definition) is 4. The second kappa shape index (κ2) is 10.6. The van der Waals surface area contributed by atoms with E-state index in [1.807, 2.05) is 0 Å². The van der Waals surface area contributed by atoms with Gasteiger partial charge in [-0.3, -0.25) is 0 Å². The fraction of sp³-hybridized carbons (Fsp3) is 1.00. The summed E-state index contributed by atoms with van der Waals surface area (Å²) in [4.78, 5) is 0. The molecule has 0 aromatic carbocycles. The van der Waals surface area contributed by atoms with Crippen molar-refractivity contribution in [3.63, 3.8) is 0 Å². The van der Waals surface area contributed by atoms with Crippen LogP contribution in [0.2, 0.25) is 4.13 Å². The minimum atomic E-state index is -2.00. The van der Waals surface area contributed by atoms with Crippen LogP contribution in [0.25, 0.3) is 0 Å². The molecule has 0 amide bonds. The predicted octanol–water partition coefficient (Wildman–Crippen LogP) is 2.51. The molecule has 1 aliphatic rings. The van der Waals surface area contributed by atoms with E-state index >= 15 is 0 Å². The molecule has 5 heteroatoms. The van der Waals surface area contributed by atoms with Gasteiger partial charge in [-0.15, -0.1) is 0 Å². The Morgan fingerprint density at radius 2 is 1.76 bits per heavy atom. The molecule has 0 N–H and O–H groups in total. The summed E-state index contributed by atoms with van der Waals surface area (Å²) in [6.45, 7) is 8.43. The van der Waals surface area contributed by atoms with Crippen molar-refractivity contribution in [3.05, 3.63) is 0 Å². The molecule has 1 atom stereocenters. The third kappa shape index (κ3) is 9.32. The molecule has 1 saturated heterocycles. The SMILES string of the molecule is CCC[O][Zr]([CH2]CCOCC1CO1)[O]CCC. The zero-order chi connectivity index (χ0) is 12.3. The second-order valence-corrected chi connectivity index (χ2v) is 8.68. The van der Waals surface area contributed by atoms with Gasteiger partial charge in [0.1, 0.15) is 0 Å². The van der Waals surface area contributed by atoms with Gasteiger partial charge in [0.25, 0.3) is 0 Å². The normalized spacial score (nSPS) is 18.4. The van der Waals surface area contributed by atoms with Crippen LogP contribution in [0, 0.1) is 0 Å². The van der Waals surface area contributed by atoms with Crippen molar-refractivity contribution >= 4 is 0 Å². The van der Waals surface area contributed by atoms with Crippen molar-refractivity contribution in [3.8, 4) is 0 Å². The molecule has 4 nitrogen and oxygen atoms in total. The van der Waals surface area contributed by atoms with Gasteiger partial charge in [-0.1, -0.05) is 0 Å². The number of ether oxygens (including phenoxy) is 2. The fourth-order valence-corrected chi connectivity index (χ4v) is 5.42. The summed E-state index contributed by atoms with van der Waals surface area (Å²) in [5.41, 5.74) is 0. The molecule has 0 aliphatic carbocycles. The summed E-state index contributed by atoms with van der Waals surface area (Å²) in [7, 11) is 0. The van der Waals surface area contributed by atoms with Crippen LogP contribution < -0.4 is 0 Å². The molecule has 0 radical (unpaired) electrons. The monoisotopic (exact) mass is 323 g/mol. The van der Waals surface area contributed by atoms with E-state index in [0.717, 1.165) is 56.4 Å². The first kappa shape index (κ1) is 15.8. The fourth-order valence-electron chi connectivity index (χ4n) is 1.32. The van der Waals surface area contributed by atoms with Crippen molar-refractivity contribution in [2.75, 3.05) is 33.0 Å². The van der Waals surface area contributed by atoms with E-state index in [9.17, 15) is 0 Å². The molecule has 1 aliphatic heterocycles. The maximum atomic E-state index is 5.83. The molecule has 0 saturated carbocycles. The molecule has 1 fully saturated rings. The van der Waals surface area contributed by atoms with Crippen LogP contribution in [0.15, 0.2) is 0 Å². The van der Waals surface area contributed by atoms with Gasteiger partial charge in [0.15, 0.2) is 0 Å². The molecule has 0 aromatic heterocycles. The molecule has 0 aromatic rings. The topological polar surface area (TPSA) is 40.2 Å². The van der Waals surface area contributed by atoms with Gasteiger partial charge in [-0.2, -0.15) is 0 Å². The Morgan fingerprint density at radius 3 is 2.29 bits per heavy atom. The predicted molar refractivity (Wildman–Crippen MR) is 62.5 cm³/mol. The van der Waals surface area contributed by atoms with Gasteiger partial charge in [0.2, 0.25) is 0 Å². The maximum absolute atomic E-state index is 5.83. The first-order chi connectivity index (χ1) is 8.36. The summed E-state index contributed by atoms with van der Waals surface area (Å²) < 4.78 is 23.4. The second-order valence-electron chi connectivity index (χ2n) is 4.20. The molecule has 0 bridgehead atoms. The van der Waals surface area contributed by atoms with Crippen molar-refractivity contribution < 1.29 is 37.7 Å². The van der Waals surface area contributed by atoms with Gasteiger partial charge in [-0.25, -0.2) is 0 Å². The Morgan fingerprint density at radius 1 is 1.12 bits per heavy atom. The Kier molecular flexibility index (Phi) is 9.86. The standard InChI is InChI=1S/C6H11O2.2C3H7O.Zr/c1-2-3-7-4-6-5-8-6;2*1-2-3-4;/h6H,1-5H2;2*2-3H2,1H3;/q;2*-1;+2. The van der Waals surface area contributed by atoms with E-state index in [0.29, 0.717) is 6.10 Å². The average molecular weight is 325 g/mol. The van der Waals surface area contributed by atoms with Crippen molar-refractivity contribution in [1.82, 2.24) is 0 Å². The quantitative estimate of drug-likeness (QED) is 0.408. The summed E-state index contributed by atoms with van der Waals surface area (Å²) in [5.74, 6) is 0. The van der Waals surface area contributed by atoms with Crippen LogP contribution in [0.4, 0.5) is 0 Å². The third-order valence-electron chi connectivity index (χ3n) is 2.31. The van der Waals surface area contributed by atoms with E-state index in [4.69, 9.17) is 15.1 Å². The zero-order valence-corrected chi connectivity index (χ0v) is 13.5. The third-order valence-corrected chi connectivity index (χ3v) is 6.77. The number of epoxide rings is 1. The summed E-state index contributed by atoms with van der Waals surface area (Å²) >= 11 is -2.00. The molecule has 1 heterocycles. The van der Waals surface area contributed by atoms with E-state index < -0.39 is 22.6 Å². The van der Waals surface area contributed by atoms with Crippen molar-refractivity contribution in [1.29, 1.82) is 0 Å². The summed E-state index contributed by atoms with van der Waals surface area (Å²) in [6.07, 6.45) is 3.60. The molecule has 101 valence electrons. The molecule has 1 unspecified atom stereocenters. The van der Waals surface area contributed by atoms with Gasteiger partial charge >= 0.3 is 114 Å². The molecule has 1 rings (SSSR count). The molecular weight excluding hydrogens is 299 g/mol. The Bertz CT molecular complexity index is 168. The molecular formula is C12H25O4Zr. The van der Waals surface area contributed by atoms with Crippen LogP contribution in [0.3, 0.4) is 0 Å². The number of rotatable bonds is 12. The van der Waals surface area contributed by atoms with Crippen molar-refractivity contribution in [2.45, 2.75) is 43.3 Å². The van der Waals surface area contributed by atoms with E-state index in [2.05, 4.69) is 13.8 Å². The Hall–Kier alpha value is 0.723. The van der Waals surface area contributed by atoms with Crippen LogP contribution in [0.5, 0.6) is 0 Å². The molecule has 17 heavy (non-hydrogen) atoms. The van der Waals surface area contributed by atoms with Crippen LogP contribution in [-0.2, 0) is 37.7 Å². The molecule has 0 spiro atoms. The van der Waals surface area contributed by atoms with Gasteiger partial charge < -0.3 is 0 Å². The van der Waals surface area contributed by atoms with E-state index in [-0.39, 0.29) is 0 Å².